The summed E-state index contributed by atoms with van der Waals surface area (Å²) in [5.41, 5.74) is -0.465. The molecule has 0 radical (unpaired) electrons. The molecule has 2 aromatic carbocycles. The number of esters is 2. The number of para-hydroxylation sites is 1. The van der Waals surface area contributed by atoms with Crippen molar-refractivity contribution in [3.63, 3.8) is 0 Å². The van der Waals surface area contributed by atoms with Crippen molar-refractivity contribution >= 4 is 39.0 Å². The lowest BCUT2D eigenvalue weighted by Gasteiger charge is -2.07. The Hall–Kier alpha value is -3.33. The molecule has 1 aromatic heterocycles. The fraction of sp³-hybridized carbons (Fsp3) is 0.158. The van der Waals surface area contributed by atoms with Crippen molar-refractivity contribution in [2.45, 2.75) is 13.5 Å². The average Bonchev–Trinajstić information content (AvgIpc) is 3.06. The Balaban J connectivity index is 1.96. The summed E-state index contributed by atoms with van der Waals surface area (Å²) in [5, 5.41) is 11.2. The number of hydrogen-bond donors (Lipinski definition) is 0. The van der Waals surface area contributed by atoms with E-state index in [-0.39, 0.29) is 28.0 Å². The van der Waals surface area contributed by atoms with E-state index in [1.54, 1.807) is 13.0 Å². The maximum absolute atomic E-state index is 14.4. The first kappa shape index (κ1) is 19.4. The van der Waals surface area contributed by atoms with Gasteiger partial charge >= 0.3 is 11.9 Å². The SMILES string of the molecule is CCOC(=O)c1sc2cccc(F)c2c1COC(=O)c1ccccc1[N+](=O)[O-]. The third-order valence-corrected chi connectivity index (χ3v) is 5.07. The van der Waals surface area contributed by atoms with Crippen LogP contribution in [-0.4, -0.2) is 23.5 Å². The second-order valence-electron chi connectivity index (χ2n) is 5.59. The van der Waals surface area contributed by atoms with Gasteiger partial charge in [-0.2, -0.15) is 0 Å². The normalized spacial score (nSPS) is 10.6. The molecule has 0 spiro atoms. The van der Waals surface area contributed by atoms with Gasteiger partial charge in [0.25, 0.3) is 5.69 Å². The number of benzene rings is 2. The monoisotopic (exact) mass is 403 g/mol. The number of nitro benzene ring substituents is 1. The Morgan fingerprint density at radius 1 is 1.11 bits per heavy atom. The summed E-state index contributed by atoms with van der Waals surface area (Å²) in [4.78, 5) is 35.1. The van der Waals surface area contributed by atoms with Crippen LogP contribution in [0.1, 0.15) is 32.5 Å². The number of carbonyl (C=O) groups excluding carboxylic acids is 2. The van der Waals surface area contributed by atoms with Crippen molar-refractivity contribution in [1.29, 1.82) is 0 Å². The lowest BCUT2D eigenvalue weighted by molar-refractivity contribution is -0.385. The van der Waals surface area contributed by atoms with Crippen molar-refractivity contribution < 1.29 is 28.4 Å². The van der Waals surface area contributed by atoms with E-state index in [1.165, 1.54) is 36.4 Å². The van der Waals surface area contributed by atoms with E-state index in [1.807, 2.05) is 0 Å². The number of halogens is 1. The Kier molecular flexibility index (Phi) is 5.65. The maximum Gasteiger partial charge on any atom is 0.348 e. The van der Waals surface area contributed by atoms with Gasteiger partial charge in [0.1, 0.15) is 22.9 Å². The molecule has 0 N–H and O–H groups in total. The summed E-state index contributed by atoms with van der Waals surface area (Å²) in [6.07, 6.45) is 0. The molecule has 9 heteroatoms. The van der Waals surface area contributed by atoms with Crippen LogP contribution < -0.4 is 0 Å². The third kappa shape index (κ3) is 3.70. The first-order chi connectivity index (χ1) is 13.4. The van der Waals surface area contributed by atoms with Crippen molar-refractivity contribution in [2.24, 2.45) is 0 Å². The molecular formula is C19H14FNO6S. The topological polar surface area (TPSA) is 95.7 Å². The van der Waals surface area contributed by atoms with Gasteiger partial charge in [0.15, 0.2) is 0 Å². The molecule has 0 atom stereocenters. The van der Waals surface area contributed by atoms with Crippen LogP contribution in [0.15, 0.2) is 42.5 Å². The first-order valence-corrected chi connectivity index (χ1v) is 9.03. The van der Waals surface area contributed by atoms with Crippen molar-refractivity contribution in [2.75, 3.05) is 6.61 Å². The fourth-order valence-corrected chi connectivity index (χ4v) is 3.80. The summed E-state index contributed by atoms with van der Waals surface area (Å²) in [6.45, 7) is 1.34. The highest BCUT2D eigenvalue weighted by molar-refractivity contribution is 7.21. The summed E-state index contributed by atoms with van der Waals surface area (Å²) in [7, 11) is 0. The first-order valence-electron chi connectivity index (χ1n) is 8.21. The molecule has 3 aromatic rings. The highest BCUT2D eigenvalue weighted by Crippen LogP contribution is 2.34. The molecule has 0 aliphatic carbocycles. The molecule has 144 valence electrons. The van der Waals surface area contributed by atoms with Crippen LogP contribution in [0.3, 0.4) is 0 Å². The summed E-state index contributed by atoms with van der Waals surface area (Å²) in [5.74, 6) is -2.17. The Morgan fingerprint density at radius 3 is 2.57 bits per heavy atom. The smallest absolute Gasteiger partial charge is 0.348 e. The number of hydrogen-bond acceptors (Lipinski definition) is 7. The Morgan fingerprint density at radius 2 is 1.86 bits per heavy atom. The molecule has 0 unspecified atom stereocenters. The van der Waals surface area contributed by atoms with E-state index in [0.29, 0.717) is 4.70 Å². The van der Waals surface area contributed by atoms with Crippen molar-refractivity contribution in [1.82, 2.24) is 0 Å². The minimum absolute atomic E-state index is 0.123. The molecule has 7 nitrogen and oxygen atoms in total. The zero-order valence-corrected chi connectivity index (χ0v) is 15.5. The zero-order chi connectivity index (χ0) is 20.3. The molecule has 0 fully saturated rings. The van der Waals surface area contributed by atoms with E-state index >= 15 is 0 Å². The number of nitro groups is 1. The molecule has 0 aliphatic heterocycles. The number of nitrogens with zero attached hydrogens (tertiary/aromatic N) is 1. The van der Waals surface area contributed by atoms with Crippen LogP contribution in [0.25, 0.3) is 10.1 Å². The minimum Gasteiger partial charge on any atom is -0.462 e. The predicted molar refractivity (Wildman–Crippen MR) is 100.0 cm³/mol. The van der Waals surface area contributed by atoms with E-state index in [4.69, 9.17) is 9.47 Å². The standard InChI is InChI=1S/C19H14FNO6S/c1-2-26-19(23)17-12(16-13(20)7-5-9-15(16)28-17)10-27-18(22)11-6-3-4-8-14(11)21(24)25/h3-9H,2,10H2,1H3. The summed E-state index contributed by atoms with van der Waals surface area (Å²) < 4.78 is 25.0. The van der Waals surface area contributed by atoms with Crippen LogP contribution in [0.2, 0.25) is 0 Å². The Bertz CT molecular complexity index is 1080. The van der Waals surface area contributed by atoms with E-state index < -0.39 is 35.0 Å². The van der Waals surface area contributed by atoms with Gasteiger partial charge in [0.05, 0.1) is 11.5 Å². The third-order valence-electron chi connectivity index (χ3n) is 3.89. The molecule has 1 heterocycles. The predicted octanol–water partition coefficient (Wildman–Crippen LogP) is 4.48. The van der Waals surface area contributed by atoms with E-state index in [0.717, 1.165) is 11.3 Å². The van der Waals surface area contributed by atoms with E-state index in [9.17, 15) is 24.1 Å². The highest BCUT2D eigenvalue weighted by atomic mass is 32.1. The fourth-order valence-electron chi connectivity index (χ4n) is 2.69. The van der Waals surface area contributed by atoms with Gasteiger partial charge in [0.2, 0.25) is 0 Å². The van der Waals surface area contributed by atoms with Crippen LogP contribution in [0.4, 0.5) is 10.1 Å². The zero-order valence-electron chi connectivity index (χ0n) is 14.6. The van der Waals surface area contributed by atoms with Crippen LogP contribution in [-0.2, 0) is 16.1 Å². The molecule has 0 saturated heterocycles. The number of fused-ring (bicyclic) bond motifs is 1. The van der Waals surface area contributed by atoms with Crippen molar-refractivity contribution in [3.05, 3.63) is 74.4 Å². The second-order valence-corrected chi connectivity index (χ2v) is 6.65. The summed E-state index contributed by atoms with van der Waals surface area (Å²) in [6, 6.07) is 9.71. The number of ether oxygens (including phenoxy) is 2. The van der Waals surface area contributed by atoms with Crippen LogP contribution in [0, 0.1) is 15.9 Å². The van der Waals surface area contributed by atoms with Crippen LogP contribution >= 0.6 is 11.3 Å². The van der Waals surface area contributed by atoms with Gasteiger partial charge in [-0.15, -0.1) is 11.3 Å². The number of thiophene rings is 1. The number of rotatable bonds is 6. The highest BCUT2D eigenvalue weighted by Gasteiger charge is 2.25. The van der Waals surface area contributed by atoms with Gasteiger partial charge in [0, 0.05) is 21.7 Å². The molecule has 0 bridgehead atoms. The average molecular weight is 403 g/mol. The van der Waals surface area contributed by atoms with Gasteiger partial charge in [-0.1, -0.05) is 18.2 Å². The van der Waals surface area contributed by atoms with Gasteiger partial charge in [-0.25, -0.2) is 14.0 Å². The summed E-state index contributed by atoms with van der Waals surface area (Å²) >= 11 is 1.03. The molecule has 28 heavy (non-hydrogen) atoms. The molecular weight excluding hydrogens is 389 g/mol. The number of carbonyl (C=O) groups is 2. The molecule has 0 aliphatic rings. The van der Waals surface area contributed by atoms with Crippen molar-refractivity contribution in [3.8, 4) is 0 Å². The molecule has 0 amide bonds. The van der Waals surface area contributed by atoms with Crippen LogP contribution in [0.5, 0.6) is 0 Å². The van der Waals surface area contributed by atoms with Gasteiger partial charge < -0.3 is 9.47 Å². The Labute approximate surface area is 162 Å². The lowest BCUT2D eigenvalue weighted by atomic mass is 10.1. The lowest BCUT2D eigenvalue weighted by Crippen LogP contribution is -2.11. The van der Waals surface area contributed by atoms with Gasteiger partial charge in [-0.3, -0.25) is 10.1 Å². The second kappa shape index (κ2) is 8.13. The minimum atomic E-state index is -0.946. The molecule has 0 saturated carbocycles. The van der Waals surface area contributed by atoms with Gasteiger partial charge in [-0.05, 0) is 25.1 Å². The largest absolute Gasteiger partial charge is 0.462 e. The maximum atomic E-state index is 14.4. The quantitative estimate of drug-likeness (QED) is 0.342. The van der Waals surface area contributed by atoms with E-state index in [2.05, 4.69) is 0 Å². The molecule has 3 rings (SSSR count).